The van der Waals surface area contributed by atoms with Gasteiger partial charge in [-0.3, -0.25) is 0 Å². The van der Waals surface area contributed by atoms with Crippen LogP contribution in [0, 0.1) is 0 Å². The highest BCUT2D eigenvalue weighted by Gasteiger charge is 2.17. The lowest BCUT2D eigenvalue weighted by Crippen LogP contribution is -1.93. The van der Waals surface area contributed by atoms with Gasteiger partial charge in [-0.1, -0.05) is 0 Å². The minimum atomic E-state index is 0.261. The molecule has 0 saturated heterocycles. The van der Waals surface area contributed by atoms with Crippen molar-refractivity contribution in [2.24, 2.45) is 10.9 Å². The summed E-state index contributed by atoms with van der Waals surface area (Å²) in [5, 5.41) is 3.43. The molecule has 0 saturated carbocycles. The molecule has 0 atom stereocenters. The Morgan fingerprint density at radius 2 is 2.31 bits per heavy atom. The van der Waals surface area contributed by atoms with Crippen LogP contribution in [0.2, 0.25) is 0 Å². The Labute approximate surface area is 83.5 Å². The van der Waals surface area contributed by atoms with Crippen LogP contribution in [0.15, 0.2) is 21.7 Å². The molecule has 2 rings (SSSR count). The minimum Gasteiger partial charge on any atom is -0.454 e. The van der Waals surface area contributed by atoms with Gasteiger partial charge in [0.25, 0.3) is 0 Å². The van der Waals surface area contributed by atoms with E-state index in [-0.39, 0.29) is 6.79 Å². The van der Waals surface area contributed by atoms with Crippen LogP contribution < -0.4 is 15.3 Å². The number of nitrogens with zero attached hydrogens (tertiary/aromatic N) is 1. The van der Waals surface area contributed by atoms with Crippen molar-refractivity contribution in [3.8, 4) is 11.5 Å². The first-order valence-electron chi connectivity index (χ1n) is 3.63. The topological polar surface area (TPSA) is 56.8 Å². The molecule has 1 heterocycles. The summed E-state index contributed by atoms with van der Waals surface area (Å²) in [6.07, 6.45) is 1.55. The van der Waals surface area contributed by atoms with E-state index in [0.717, 1.165) is 15.8 Å². The molecule has 5 heteroatoms. The number of nitrogens with two attached hydrogens (primary N) is 1. The Bertz CT molecular complexity index is 365. The normalized spacial score (nSPS) is 13.9. The zero-order valence-corrected chi connectivity index (χ0v) is 8.24. The number of fused-ring (bicyclic) bond motifs is 1. The highest BCUT2D eigenvalue weighted by Crippen LogP contribution is 2.39. The Balaban J connectivity index is 2.49. The van der Waals surface area contributed by atoms with E-state index in [1.165, 1.54) is 0 Å². The van der Waals surface area contributed by atoms with Crippen LogP contribution in [0.25, 0.3) is 0 Å². The Morgan fingerprint density at radius 1 is 1.46 bits per heavy atom. The van der Waals surface area contributed by atoms with Crippen molar-refractivity contribution in [1.82, 2.24) is 0 Å². The van der Waals surface area contributed by atoms with E-state index in [9.17, 15) is 0 Å². The Kier molecular flexibility index (Phi) is 2.10. The summed E-state index contributed by atoms with van der Waals surface area (Å²) in [6.45, 7) is 0.261. The first-order chi connectivity index (χ1) is 6.31. The standard InChI is InChI=1S/C8H7BrN2O2/c9-6-1-5(3-11-10)2-7-8(6)13-4-12-7/h1-3H,4,10H2. The third-order valence-corrected chi connectivity index (χ3v) is 2.26. The van der Waals surface area contributed by atoms with E-state index in [0.29, 0.717) is 5.75 Å². The Hall–Kier alpha value is -1.23. The summed E-state index contributed by atoms with van der Waals surface area (Å²) in [7, 11) is 0. The average molecular weight is 243 g/mol. The molecule has 13 heavy (non-hydrogen) atoms. The lowest BCUT2D eigenvalue weighted by Gasteiger charge is -2.00. The maximum atomic E-state index is 5.22. The predicted molar refractivity (Wildman–Crippen MR) is 52.0 cm³/mol. The van der Waals surface area contributed by atoms with Crippen molar-refractivity contribution in [1.29, 1.82) is 0 Å². The fourth-order valence-corrected chi connectivity index (χ4v) is 1.72. The molecule has 0 aromatic heterocycles. The number of ether oxygens (including phenoxy) is 2. The van der Waals surface area contributed by atoms with E-state index in [2.05, 4.69) is 21.0 Å². The van der Waals surface area contributed by atoms with Gasteiger partial charge in [-0.2, -0.15) is 5.10 Å². The molecule has 4 nitrogen and oxygen atoms in total. The molecule has 0 unspecified atom stereocenters. The SMILES string of the molecule is NN=Cc1cc(Br)c2c(c1)OCO2. The molecule has 0 bridgehead atoms. The van der Waals surface area contributed by atoms with E-state index in [1.54, 1.807) is 6.21 Å². The molecule has 1 aliphatic heterocycles. The van der Waals surface area contributed by atoms with Gasteiger partial charge in [-0.15, -0.1) is 0 Å². The van der Waals surface area contributed by atoms with Crippen LogP contribution in [0.4, 0.5) is 0 Å². The van der Waals surface area contributed by atoms with Gasteiger partial charge in [-0.25, -0.2) is 0 Å². The predicted octanol–water partition coefficient (Wildman–Crippen LogP) is 1.47. The van der Waals surface area contributed by atoms with Crippen molar-refractivity contribution < 1.29 is 9.47 Å². The minimum absolute atomic E-state index is 0.261. The summed E-state index contributed by atoms with van der Waals surface area (Å²) < 4.78 is 11.3. The molecule has 0 spiro atoms. The second-order valence-corrected chi connectivity index (χ2v) is 3.37. The van der Waals surface area contributed by atoms with Crippen LogP contribution >= 0.6 is 15.9 Å². The van der Waals surface area contributed by atoms with E-state index in [1.807, 2.05) is 12.1 Å². The molecule has 2 N–H and O–H groups in total. The zero-order valence-electron chi connectivity index (χ0n) is 6.66. The van der Waals surface area contributed by atoms with Crippen molar-refractivity contribution >= 4 is 22.1 Å². The van der Waals surface area contributed by atoms with Gasteiger partial charge in [0.05, 0.1) is 10.7 Å². The van der Waals surface area contributed by atoms with E-state index >= 15 is 0 Å². The van der Waals surface area contributed by atoms with E-state index in [4.69, 9.17) is 15.3 Å². The summed E-state index contributed by atoms with van der Waals surface area (Å²) in [4.78, 5) is 0. The fraction of sp³-hybridized carbons (Fsp3) is 0.125. The number of rotatable bonds is 1. The zero-order chi connectivity index (χ0) is 9.26. The van der Waals surface area contributed by atoms with Gasteiger partial charge in [0.15, 0.2) is 11.5 Å². The van der Waals surface area contributed by atoms with Crippen LogP contribution in [-0.2, 0) is 0 Å². The largest absolute Gasteiger partial charge is 0.454 e. The number of hydrogen-bond acceptors (Lipinski definition) is 4. The number of halogens is 1. The second-order valence-electron chi connectivity index (χ2n) is 2.51. The Morgan fingerprint density at radius 3 is 3.08 bits per heavy atom. The third kappa shape index (κ3) is 1.47. The van der Waals surface area contributed by atoms with E-state index < -0.39 is 0 Å². The maximum absolute atomic E-state index is 5.22. The monoisotopic (exact) mass is 242 g/mol. The van der Waals surface area contributed by atoms with Gasteiger partial charge in [0, 0.05) is 0 Å². The quantitative estimate of drug-likeness (QED) is 0.461. The molecule has 68 valence electrons. The molecule has 1 aromatic rings. The lowest BCUT2D eigenvalue weighted by molar-refractivity contribution is 0.173. The van der Waals surface area contributed by atoms with Gasteiger partial charge in [0.1, 0.15) is 0 Å². The van der Waals surface area contributed by atoms with Gasteiger partial charge in [0.2, 0.25) is 6.79 Å². The number of hydrogen-bond donors (Lipinski definition) is 1. The molecule has 1 aromatic carbocycles. The third-order valence-electron chi connectivity index (χ3n) is 1.67. The van der Waals surface area contributed by atoms with Crippen molar-refractivity contribution in [2.45, 2.75) is 0 Å². The lowest BCUT2D eigenvalue weighted by atomic mass is 10.2. The van der Waals surface area contributed by atoms with Crippen molar-refractivity contribution in [3.63, 3.8) is 0 Å². The summed E-state index contributed by atoms with van der Waals surface area (Å²) in [5.41, 5.74) is 0.874. The molecular formula is C8H7BrN2O2. The molecular weight excluding hydrogens is 236 g/mol. The van der Waals surface area contributed by atoms with Gasteiger partial charge in [-0.05, 0) is 33.6 Å². The molecule has 0 radical (unpaired) electrons. The van der Waals surface area contributed by atoms with Crippen molar-refractivity contribution in [2.75, 3.05) is 6.79 Å². The second kappa shape index (κ2) is 3.26. The smallest absolute Gasteiger partial charge is 0.231 e. The highest BCUT2D eigenvalue weighted by atomic mass is 79.9. The summed E-state index contributed by atoms with van der Waals surface area (Å²) in [6, 6.07) is 3.69. The van der Waals surface area contributed by atoms with Crippen molar-refractivity contribution in [3.05, 3.63) is 22.2 Å². The van der Waals surface area contributed by atoms with Crippen LogP contribution in [-0.4, -0.2) is 13.0 Å². The van der Waals surface area contributed by atoms with Crippen LogP contribution in [0.5, 0.6) is 11.5 Å². The summed E-state index contributed by atoms with van der Waals surface area (Å²) >= 11 is 3.36. The summed E-state index contributed by atoms with van der Waals surface area (Å²) in [5.74, 6) is 6.48. The first-order valence-corrected chi connectivity index (χ1v) is 4.43. The molecule has 0 amide bonds. The molecule has 1 aliphatic rings. The number of benzene rings is 1. The van der Waals surface area contributed by atoms with Gasteiger partial charge < -0.3 is 15.3 Å². The first kappa shape index (κ1) is 8.37. The molecule has 0 aliphatic carbocycles. The van der Waals surface area contributed by atoms with Gasteiger partial charge >= 0.3 is 0 Å². The average Bonchev–Trinajstić information content (AvgIpc) is 2.53. The fourth-order valence-electron chi connectivity index (χ4n) is 1.15. The number of hydrazone groups is 1. The maximum Gasteiger partial charge on any atom is 0.231 e. The molecule has 0 fully saturated rings. The highest BCUT2D eigenvalue weighted by molar-refractivity contribution is 9.10. The van der Waals surface area contributed by atoms with Crippen LogP contribution in [0.1, 0.15) is 5.56 Å². The van der Waals surface area contributed by atoms with Crippen LogP contribution in [0.3, 0.4) is 0 Å².